The molecule has 1 saturated heterocycles. The number of nitrogens with one attached hydrogen (secondary N) is 1. The first-order valence-electron chi connectivity index (χ1n) is 12.4. The van der Waals surface area contributed by atoms with Gasteiger partial charge in [-0.05, 0) is 66.3 Å². The Labute approximate surface area is 210 Å². The number of nitrogens with zero attached hydrogens (tertiary/aromatic N) is 3. The van der Waals surface area contributed by atoms with Crippen LogP contribution in [0.5, 0.6) is 5.75 Å². The van der Waals surface area contributed by atoms with Crippen molar-refractivity contribution in [1.82, 2.24) is 19.9 Å². The predicted molar refractivity (Wildman–Crippen MR) is 148 cm³/mol. The zero-order chi connectivity index (χ0) is 24.0. The predicted octanol–water partition coefficient (Wildman–Crippen LogP) is 5.23. The van der Waals surface area contributed by atoms with E-state index in [1.807, 2.05) is 18.3 Å². The van der Waals surface area contributed by atoms with Crippen molar-refractivity contribution in [2.45, 2.75) is 26.2 Å². The van der Waals surface area contributed by atoms with Crippen LogP contribution in [-0.2, 0) is 12.8 Å². The van der Waals surface area contributed by atoms with Crippen molar-refractivity contribution in [3.05, 3.63) is 89.1 Å². The van der Waals surface area contributed by atoms with Crippen molar-refractivity contribution in [3.63, 3.8) is 0 Å². The summed E-state index contributed by atoms with van der Waals surface area (Å²) in [5, 5.41) is 1.24. The van der Waals surface area contributed by atoms with Crippen molar-refractivity contribution >= 4 is 27.3 Å². The van der Waals surface area contributed by atoms with Crippen molar-refractivity contribution in [1.29, 1.82) is 0 Å². The van der Waals surface area contributed by atoms with Crippen LogP contribution in [0.4, 0.5) is 0 Å². The normalized spacial score (nSPS) is 15.0. The largest absolute Gasteiger partial charge is 0.494 e. The summed E-state index contributed by atoms with van der Waals surface area (Å²) in [6, 6.07) is 19.1. The van der Waals surface area contributed by atoms with Crippen LogP contribution in [0.1, 0.15) is 34.8 Å². The van der Waals surface area contributed by atoms with Crippen LogP contribution in [0.25, 0.3) is 10.9 Å². The first-order chi connectivity index (χ1) is 17.1. The lowest BCUT2D eigenvalue weighted by atomic mass is 10.1. The van der Waals surface area contributed by atoms with E-state index in [-0.39, 0.29) is 0 Å². The summed E-state index contributed by atoms with van der Waals surface area (Å²) in [5.74, 6) is 8.46. The Bertz CT molecular complexity index is 1310. The molecule has 0 unspecified atom stereocenters. The fourth-order valence-corrected chi connectivity index (χ4v) is 5.87. The third kappa shape index (κ3) is 6.59. The highest BCUT2D eigenvalue weighted by molar-refractivity contribution is 8.14. The molecule has 6 heteroatoms. The maximum atomic E-state index is 6.06. The monoisotopic (exact) mass is 486 g/mol. The van der Waals surface area contributed by atoms with Crippen molar-refractivity contribution in [2.75, 3.05) is 37.7 Å². The topological polar surface area (TPSA) is 54.0 Å². The van der Waals surface area contributed by atoms with E-state index < -0.39 is 0 Å². The minimum Gasteiger partial charge on any atom is -0.494 e. The number of hydrogen-bond acceptors (Lipinski definition) is 4. The summed E-state index contributed by atoms with van der Waals surface area (Å²) in [6.45, 7) is 6.30. The maximum Gasteiger partial charge on any atom is 0.132 e. The van der Waals surface area contributed by atoms with Gasteiger partial charge in [-0.25, -0.2) is 9.97 Å². The van der Waals surface area contributed by atoms with E-state index in [4.69, 9.17) is 9.72 Å². The molecule has 5 rings (SSSR count). The van der Waals surface area contributed by atoms with E-state index >= 15 is 0 Å². The molecule has 0 spiro atoms. The summed E-state index contributed by atoms with van der Waals surface area (Å²) in [6.07, 6.45) is 4.41. The van der Waals surface area contributed by atoms with E-state index in [2.05, 4.69) is 70.1 Å². The van der Waals surface area contributed by atoms with Crippen LogP contribution in [0.15, 0.2) is 60.8 Å². The van der Waals surface area contributed by atoms with Gasteiger partial charge in [0, 0.05) is 67.1 Å². The Morgan fingerprint density at radius 1 is 1.03 bits per heavy atom. The fourth-order valence-electron chi connectivity index (χ4n) is 4.63. The van der Waals surface area contributed by atoms with Crippen LogP contribution < -0.4 is 4.74 Å². The second-order valence-electron chi connectivity index (χ2n) is 9.40. The molecule has 5 nitrogen and oxygen atoms in total. The smallest absolute Gasteiger partial charge is 0.132 e. The molecule has 2 aromatic heterocycles. The number of rotatable bonds is 9. The van der Waals surface area contributed by atoms with Crippen LogP contribution in [0.3, 0.4) is 0 Å². The van der Waals surface area contributed by atoms with Gasteiger partial charge in [0.25, 0.3) is 0 Å². The molecule has 0 radical (unpaired) electrons. The molecule has 0 saturated carbocycles. The van der Waals surface area contributed by atoms with Crippen LogP contribution in [0, 0.1) is 6.92 Å². The Balaban J connectivity index is 1.15. The number of aryl methyl sites for hydroxylation is 1. The van der Waals surface area contributed by atoms with Gasteiger partial charge < -0.3 is 14.6 Å². The number of aromatic amines is 1. The van der Waals surface area contributed by atoms with Gasteiger partial charge in [-0.2, -0.15) is 10.5 Å². The Kier molecular flexibility index (Phi) is 7.60. The molecule has 0 aliphatic carbocycles. The van der Waals surface area contributed by atoms with Crippen molar-refractivity contribution in [2.24, 2.45) is 0 Å². The summed E-state index contributed by atoms with van der Waals surface area (Å²) in [7, 11) is 0.381. The van der Waals surface area contributed by atoms with Gasteiger partial charge in [0.05, 0.1) is 6.61 Å². The van der Waals surface area contributed by atoms with Gasteiger partial charge >= 0.3 is 0 Å². The highest BCUT2D eigenvalue weighted by atomic mass is 32.2. The molecule has 1 N–H and O–H groups in total. The Hall–Kier alpha value is -2.96. The summed E-state index contributed by atoms with van der Waals surface area (Å²) >= 11 is 0. The van der Waals surface area contributed by atoms with Crippen LogP contribution >= 0.6 is 10.5 Å². The van der Waals surface area contributed by atoms with E-state index in [0.717, 1.165) is 43.3 Å². The maximum absolute atomic E-state index is 6.06. The van der Waals surface area contributed by atoms with Gasteiger partial charge in [0.2, 0.25) is 0 Å². The molecule has 2 aromatic carbocycles. The molecule has 4 aromatic rings. The minimum atomic E-state index is 0.381. The van der Waals surface area contributed by atoms with E-state index in [1.54, 1.807) is 0 Å². The molecule has 1 fully saturated rings. The molecule has 35 heavy (non-hydrogen) atoms. The zero-order valence-corrected chi connectivity index (χ0v) is 21.3. The molecular formula is C29H34N4OS. The first kappa shape index (κ1) is 23.8. The molecule has 182 valence electrons. The summed E-state index contributed by atoms with van der Waals surface area (Å²) < 4.78 is 6.06. The lowest BCUT2D eigenvalue weighted by Crippen LogP contribution is -2.34. The molecule has 0 bridgehead atoms. The highest BCUT2D eigenvalue weighted by Gasteiger charge is 2.11. The number of hydrogen-bond donors (Lipinski definition) is 1. The third-order valence-electron chi connectivity index (χ3n) is 6.51. The SMILES string of the molecule is C=S1CCN(CCCOc2cccc(Cc3nccc(Cc4ccc5[nH]c(C)cc5c4)n3)c2)CC1. The fraction of sp³-hybridized carbons (Fsp3) is 0.345. The Morgan fingerprint density at radius 2 is 1.89 bits per heavy atom. The summed E-state index contributed by atoms with van der Waals surface area (Å²) in [4.78, 5) is 15.3. The van der Waals surface area contributed by atoms with E-state index in [9.17, 15) is 0 Å². The van der Waals surface area contributed by atoms with E-state index in [1.165, 1.54) is 52.3 Å². The highest BCUT2D eigenvalue weighted by Crippen LogP contribution is 2.20. The van der Waals surface area contributed by atoms with Gasteiger partial charge in [0.1, 0.15) is 11.6 Å². The molecule has 3 heterocycles. The van der Waals surface area contributed by atoms with Gasteiger partial charge in [0.15, 0.2) is 0 Å². The molecule has 0 amide bonds. The zero-order valence-electron chi connectivity index (χ0n) is 20.5. The lowest BCUT2D eigenvalue weighted by molar-refractivity contribution is 0.248. The lowest BCUT2D eigenvalue weighted by Gasteiger charge is -2.28. The standard InChI is InChI=1S/C29H34N4OS/c1-22-17-25-18-24(7-8-28(25)31-22)19-26-9-10-30-29(32-26)21-23-5-3-6-27(20-23)34-14-4-11-33-12-15-35(2)16-13-33/h3,5-10,17-18,20,31H,2,4,11-16,19,21H2,1H3. The van der Waals surface area contributed by atoms with Gasteiger partial charge in [-0.15, -0.1) is 0 Å². The number of fused-ring (bicyclic) bond motifs is 1. The average molecular weight is 487 g/mol. The van der Waals surface area contributed by atoms with Crippen LogP contribution in [-0.4, -0.2) is 63.5 Å². The molecular weight excluding hydrogens is 452 g/mol. The molecule has 0 atom stereocenters. The minimum absolute atomic E-state index is 0.381. The van der Waals surface area contributed by atoms with Gasteiger partial charge in [-0.3, -0.25) is 0 Å². The molecule has 1 aliphatic rings. The number of benzene rings is 2. The van der Waals surface area contributed by atoms with Crippen molar-refractivity contribution < 1.29 is 4.74 Å². The van der Waals surface area contributed by atoms with E-state index in [0.29, 0.717) is 16.9 Å². The van der Waals surface area contributed by atoms with Gasteiger partial charge in [-0.1, -0.05) is 24.1 Å². The number of ether oxygens (including phenoxy) is 1. The average Bonchev–Trinajstić information content (AvgIpc) is 3.23. The second-order valence-corrected chi connectivity index (χ2v) is 11.4. The number of H-pyrrole nitrogens is 1. The number of aromatic nitrogens is 3. The Morgan fingerprint density at radius 3 is 2.77 bits per heavy atom. The third-order valence-corrected chi connectivity index (χ3v) is 8.03. The second kappa shape index (κ2) is 11.2. The first-order valence-corrected chi connectivity index (χ1v) is 14.1. The van der Waals surface area contributed by atoms with Crippen molar-refractivity contribution in [3.8, 4) is 5.75 Å². The summed E-state index contributed by atoms with van der Waals surface area (Å²) in [5.41, 5.74) is 5.82. The molecule has 1 aliphatic heterocycles. The van der Waals surface area contributed by atoms with Crippen LogP contribution in [0.2, 0.25) is 0 Å². The quantitative estimate of drug-likeness (QED) is 0.260.